The zero-order valence-corrected chi connectivity index (χ0v) is 20.5. The number of hydrogen-bond donors (Lipinski definition) is 2. The van der Waals surface area contributed by atoms with Gasteiger partial charge in [0.1, 0.15) is 15.8 Å². The van der Waals surface area contributed by atoms with E-state index in [1.54, 1.807) is 0 Å². The van der Waals surface area contributed by atoms with Crippen LogP contribution in [-0.2, 0) is 27.9 Å². The number of carbonyl (C=O) groups excluding carboxylic acids is 1. The summed E-state index contributed by atoms with van der Waals surface area (Å²) in [5.74, 6) is -0.548. The second-order valence-electron chi connectivity index (χ2n) is 7.40. The summed E-state index contributed by atoms with van der Waals surface area (Å²) in [6.07, 6.45) is 0. The number of hydrogen-bond acceptors (Lipinski definition) is 6. The van der Waals surface area contributed by atoms with Gasteiger partial charge < -0.3 is 10.1 Å². The number of anilines is 1. The smallest absolute Gasteiger partial charge is 0.272 e. The summed E-state index contributed by atoms with van der Waals surface area (Å²) in [7, 11) is -2.61. The summed E-state index contributed by atoms with van der Waals surface area (Å²) in [5.41, 5.74) is 2.06. The molecular formula is C22H20ClFN4O4S2. The fourth-order valence-corrected chi connectivity index (χ4v) is 5.94. The maximum atomic E-state index is 14.3. The lowest BCUT2D eigenvalue weighted by molar-refractivity contribution is -0.119. The summed E-state index contributed by atoms with van der Waals surface area (Å²) in [6, 6.07) is 12.8. The van der Waals surface area contributed by atoms with Gasteiger partial charge >= 0.3 is 0 Å². The minimum Gasteiger partial charge on any atom is -0.496 e. The van der Waals surface area contributed by atoms with Crippen LogP contribution < -0.4 is 14.8 Å². The maximum Gasteiger partial charge on any atom is 0.272 e. The Bertz CT molecular complexity index is 1480. The fourth-order valence-electron chi connectivity index (χ4n) is 3.44. The number of benzene rings is 2. The number of fused-ring (bicyclic) bond motifs is 1. The van der Waals surface area contributed by atoms with Gasteiger partial charge in [0.25, 0.3) is 10.0 Å². The lowest BCUT2D eigenvalue weighted by Crippen LogP contribution is -2.19. The first-order valence-electron chi connectivity index (χ1n) is 10.0. The van der Waals surface area contributed by atoms with Crippen molar-refractivity contribution >= 4 is 55.6 Å². The summed E-state index contributed by atoms with van der Waals surface area (Å²) in [5, 5.41) is 7.50. The Morgan fingerprint density at radius 3 is 2.65 bits per heavy atom. The molecular weight excluding hydrogens is 503 g/mol. The molecule has 0 bridgehead atoms. The van der Waals surface area contributed by atoms with Gasteiger partial charge in [-0.15, -0.1) is 11.3 Å². The van der Waals surface area contributed by atoms with Crippen molar-refractivity contribution in [1.82, 2.24) is 15.1 Å². The third-order valence-corrected chi connectivity index (χ3v) is 7.97. The van der Waals surface area contributed by atoms with E-state index in [2.05, 4.69) is 15.1 Å². The summed E-state index contributed by atoms with van der Waals surface area (Å²) in [4.78, 5) is 11.2. The third-order valence-electron chi connectivity index (χ3n) is 4.91. The molecule has 0 saturated heterocycles. The van der Waals surface area contributed by atoms with Crippen LogP contribution in [0.15, 0.2) is 52.7 Å². The second kappa shape index (κ2) is 9.61. The molecule has 4 rings (SSSR count). The Morgan fingerprint density at radius 2 is 1.97 bits per heavy atom. The van der Waals surface area contributed by atoms with Crippen molar-refractivity contribution in [2.45, 2.75) is 24.2 Å². The maximum absolute atomic E-state index is 14.3. The normalized spacial score (nSPS) is 11.5. The van der Waals surface area contributed by atoms with Crippen LogP contribution in [0, 0.1) is 5.82 Å². The van der Waals surface area contributed by atoms with Crippen LogP contribution in [0.4, 0.5) is 10.2 Å². The lowest BCUT2D eigenvalue weighted by Gasteiger charge is -2.08. The van der Waals surface area contributed by atoms with Gasteiger partial charge in [-0.3, -0.25) is 14.2 Å². The highest BCUT2D eigenvalue weighted by atomic mass is 35.5. The third kappa shape index (κ3) is 5.16. The number of thiophene rings is 1. The highest BCUT2D eigenvalue weighted by Gasteiger charge is 2.23. The molecule has 0 fully saturated rings. The summed E-state index contributed by atoms with van der Waals surface area (Å²) >= 11 is 6.81. The van der Waals surface area contributed by atoms with Gasteiger partial charge in [-0.1, -0.05) is 35.9 Å². The van der Waals surface area contributed by atoms with Crippen LogP contribution in [-0.4, -0.2) is 31.2 Å². The molecule has 2 aromatic heterocycles. The quantitative estimate of drug-likeness (QED) is 0.357. The van der Waals surface area contributed by atoms with Crippen LogP contribution >= 0.6 is 22.9 Å². The number of nitrogens with zero attached hydrogens (tertiary/aromatic N) is 2. The first-order chi connectivity index (χ1) is 16.2. The van der Waals surface area contributed by atoms with Crippen molar-refractivity contribution in [3.63, 3.8) is 0 Å². The van der Waals surface area contributed by atoms with E-state index in [9.17, 15) is 17.6 Å². The Morgan fingerprint density at radius 1 is 1.21 bits per heavy atom. The van der Waals surface area contributed by atoms with E-state index < -0.39 is 15.8 Å². The summed E-state index contributed by atoms with van der Waals surface area (Å²) in [6.45, 7) is 2.03. The molecule has 0 unspecified atom stereocenters. The average Bonchev–Trinajstić information content (AvgIpc) is 3.36. The molecule has 8 nitrogen and oxygen atoms in total. The van der Waals surface area contributed by atoms with Crippen LogP contribution in [0.25, 0.3) is 10.9 Å². The standard InChI is InChI=1S/C22H20ClFN4O4S2/c1-13(29)25-11-14-4-3-5-15(8-14)12-28-17-9-16(24)10-18(32-2)21(17)22(26-28)27-34(30,31)20-7-6-19(23)33-20/h3-10H,11-12H2,1-2H3,(H,25,29)(H,26,27). The molecule has 0 aliphatic carbocycles. The van der Waals surface area contributed by atoms with Crippen molar-refractivity contribution in [3.8, 4) is 5.75 Å². The molecule has 34 heavy (non-hydrogen) atoms. The highest BCUT2D eigenvalue weighted by Crippen LogP contribution is 2.35. The first-order valence-corrected chi connectivity index (χ1v) is 12.7. The van der Waals surface area contributed by atoms with E-state index in [-0.39, 0.29) is 28.2 Å². The number of sulfonamides is 1. The van der Waals surface area contributed by atoms with Crippen LogP contribution in [0.2, 0.25) is 4.34 Å². The lowest BCUT2D eigenvalue weighted by atomic mass is 10.1. The van der Waals surface area contributed by atoms with Gasteiger partial charge in [0.2, 0.25) is 5.91 Å². The number of halogens is 2. The van der Waals surface area contributed by atoms with E-state index in [4.69, 9.17) is 16.3 Å². The van der Waals surface area contributed by atoms with Crippen LogP contribution in [0.3, 0.4) is 0 Å². The first kappa shape index (κ1) is 24.0. The van der Waals surface area contributed by atoms with Gasteiger partial charge in [-0.25, -0.2) is 12.8 Å². The predicted molar refractivity (Wildman–Crippen MR) is 129 cm³/mol. The summed E-state index contributed by atoms with van der Waals surface area (Å²) < 4.78 is 49.8. The van der Waals surface area contributed by atoms with Crippen molar-refractivity contribution in [1.29, 1.82) is 0 Å². The van der Waals surface area contributed by atoms with Gasteiger partial charge in [0.05, 0.1) is 28.9 Å². The Kier molecular flexibility index (Phi) is 6.78. The molecule has 4 aromatic rings. The van der Waals surface area contributed by atoms with Gasteiger partial charge in [0.15, 0.2) is 5.82 Å². The SMILES string of the molecule is COc1cc(F)cc2c1c(NS(=O)(=O)c1ccc(Cl)s1)nn2Cc1cccc(CNC(C)=O)c1. The number of ether oxygens (including phenoxy) is 1. The zero-order chi connectivity index (χ0) is 24.5. The Balaban J connectivity index is 1.76. The Labute approximate surface area is 204 Å². The number of carbonyl (C=O) groups is 1. The van der Waals surface area contributed by atoms with Gasteiger partial charge in [-0.05, 0) is 23.3 Å². The molecule has 0 aliphatic heterocycles. The van der Waals surface area contributed by atoms with Crippen molar-refractivity contribution in [3.05, 3.63) is 69.8 Å². The molecule has 178 valence electrons. The minimum absolute atomic E-state index is 0.00535. The Hall–Kier alpha value is -3.15. The van der Waals surface area contributed by atoms with Crippen molar-refractivity contribution < 1.29 is 22.3 Å². The van der Waals surface area contributed by atoms with Crippen molar-refractivity contribution in [2.24, 2.45) is 0 Å². The van der Waals surface area contributed by atoms with Gasteiger partial charge in [0, 0.05) is 25.6 Å². The zero-order valence-electron chi connectivity index (χ0n) is 18.1. The van der Waals surface area contributed by atoms with E-state index in [1.807, 2.05) is 24.3 Å². The molecule has 1 amide bonds. The largest absolute Gasteiger partial charge is 0.496 e. The number of amides is 1. The minimum atomic E-state index is -3.98. The second-order valence-corrected chi connectivity index (χ2v) is 11.0. The molecule has 0 atom stereocenters. The number of nitrogens with one attached hydrogen (secondary N) is 2. The molecule has 0 radical (unpaired) electrons. The topological polar surface area (TPSA) is 102 Å². The fraction of sp³-hybridized carbons (Fsp3) is 0.182. The predicted octanol–water partition coefficient (Wildman–Crippen LogP) is 4.38. The molecule has 2 aromatic carbocycles. The van der Waals surface area contributed by atoms with Crippen LogP contribution in [0.1, 0.15) is 18.1 Å². The highest BCUT2D eigenvalue weighted by molar-refractivity contribution is 7.94. The molecule has 2 heterocycles. The molecule has 0 spiro atoms. The van der Waals surface area contributed by atoms with Crippen LogP contribution in [0.5, 0.6) is 5.75 Å². The van der Waals surface area contributed by atoms with E-state index in [0.717, 1.165) is 22.5 Å². The van der Waals surface area contributed by atoms with Gasteiger partial charge in [-0.2, -0.15) is 5.10 Å². The van der Waals surface area contributed by atoms with E-state index in [1.165, 1.54) is 43.0 Å². The average molecular weight is 523 g/mol. The molecule has 2 N–H and O–H groups in total. The number of aromatic nitrogens is 2. The molecule has 12 heteroatoms. The molecule has 0 saturated carbocycles. The van der Waals surface area contributed by atoms with Crippen molar-refractivity contribution in [2.75, 3.05) is 11.8 Å². The number of methoxy groups -OCH3 is 1. The molecule has 0 aliphatic rings. The number of rotatable bonds is 8. The van der Waals surface area contributed by atoms with E-state index >= 15 is 0 Å². The van der Waals surface area contributed by atoms with E-state index in [0.29, 0.717) is 21.8 Å². The monoisotopic (exact) mass is 522 g/mol.